The number of aliphatic hydroxyl groups excluding tert-OH is 1. The Bertz CT molecular complexity index is 369. The Labute approximate surface area is 95.0 Å². The molecule has 0 amide bonds. The van der Waals surface area contributed by atoms with Gasteiger partial charge in [0.05, 0.1) is 18.1 Å². The average molecular weight is 276 g/mol. The maximum atomic E-state index is 10.6. The van der Waals surface area contributed by atoms with E-state index in [1.165, 1.54) is 25.3 Å². The molecule has 0 heterocycles. The predicted octanol–water partition coefficient (Wildman–Crippen LogP) is 2.03. The summed E-state index contributed by atoms with van der Waals surface area (Å²) in [5.74, 6) is 0.150. The first-order valence-corrected chi connectivity index (χ1v) is 5.28. The van der Waals surface area contributed by atoms with Crippen molar-refractivity contribution in [2.75, 3.05) is 12.4 Å². The Morgan fingerprint density at radius 2 is 2.33 bits per heavy atom. The van der Waals surface area contributed by atoms with Gasteiger partial charge >= 0.3 is 5.69 Å². The van der Waals surface area contributed by atoms with Gasteiger partial charge in [0.1, 0.15) is 0 Å². The lowest BCUT2D eigenvalue weighted by Gasteiger charge is -2.08. The second-order valence-electron chi connectivity index (χ2n) is 2.86. The Kier molecular flexibility index (Phi) is 4.05. The molecule has 0 aliphatic rings. The third-order valence-electron chi connectivity index (χ3n) is 1.93. The fraction of sp³-hybridized carbons (Fsp3) is 0.333. The van der Waals surface area contributed by atoms with Crippen LogP contribution in [0.1, 0.15) is 11.7 Å². The summed E-state index contributed by atoms with van der Waals surface area (Å²) in [6.45, 7) is 0. The highest BCUT2D eigenvalue weighted by Crippen LogP contribution is 2.30. The molecule has 1 N–H and O–H groups in total. The standard InChI is InChI=1S/C9H10BrNO4/c1-15-9-4-6(8(12)5-10)2-3-7(9)11(13)14/h2-4,8,12H,5H2,1H3. The number of hydrogen-bond acceptors (Lipinski definition) is 4. The Balaban J connectivity index is 3.13. The molecular formula is C9H10BrNO4. The van der Waals surface area contributed by atoms with E-state index < -0.39 is 11.0 Å². The van der Waals surface area contributed by atoms with Crippen LogP contribution in [0.5, 0.6) is 5.75 Å². The van der Waals surface area contributed by atoms with Crippen LogP contribution in [0.15, 0.2) is 18.2 Å². The second-order valence-corrected chi connectivity index (χ2v) is 3.51. The Morgan fingerprint density at radius 1 is 1.67 bits per heavy atom. The molecule has 1 unspecified atom stereocenters. The van der Waals surface area contributed by atoms with E-state index in [1.807, 2.05) is 0 Å². The summed E-state index contributed by atoms with van der Waals surface area (Å²) >= 11 is 3.12. The van der Waals surface area contributed by atoms with E-state index in [2.05, 4.69) is 15.9 Å². The molecule has 0 aliphatic heterocycles. The van der Waals surface area contributed by atoms with Crippen molar-refractivity contribution < 1.29 is 14.8 Å². The maximum absolute atomic E-state index is 10.6. The molecule has 15 heavy (non-hydrogen) atoms. The van der Waals surface area contributed by atoms with Crippen molar-refractivity contribution in [2.45, 2.75) is 6.10 Å². The minimum Gasteiger partial charge on any atom is -0.490 e. The summed E-state index contributed by atoms with van der Waals surface area (Å²) in [4.78, 5) is 10.1. The molecule has 0 bridgehead atoms. The van der Waals surface area contributed by atoms with Crippen LogP contribution >= 0.6 is 15.9 Å². The highest BCUT2D eigenvalue weighted by molar-refractivity contribution is 9.09. The van der Waals surface area contributed by atoms with Gasteiger partial charge < -0.3 is 9.84 Å². The van der Waals surface area contributed by atoms with Gasteiger partial charge in [-0.2, -0.15) is 0 Å². The number of ether oxygens (including phenoxy) is 1. The molecule has 0 aliphatic carbocycles. The first-order valence-electron chi connectivity index (χ1n) is 4.16. The summed E-state index contributed by atoms with van der Waals surface area (Å²) < 4.78 is 4.87. The van der Waals surface area contributed by atoms with Crippen LogP contribution in [0.4, 0.5) is 5.69 Å². The van der Waals surface area contributed by atoms with E-state index >= 15 is 0 Å². The van der Waals surface area contributed by atoms with Crippen molar-refractivity contribution in [1.82, 2.24) is 0 Å². The van der Waals surface area contributed by atoms with Gasteiger partial charge in [0.25, 0.3) is 0 Å². The molecule has 0 fully saturated rings. The van der Waals surface area contributed by atoms with Crippen molar-refractivity contribution in [3.8, 4) is 5.75 Å². The third-order valence-corrected chi connectivity index (χ3v) is 2.54. The number of nitro benzene ring substituents is 1. The van der Waals surface area contributed by atoms with Crippen molar-refractivity contribution in [1.29, 1.82) is 0 Å². The van der Waals surface area contributed by atoms with Crippen LogP contribution in [0.2, 0.25) is 0 Å². The van der Waals surface area contributed by atoms with Crippen LogP contribution in [0.3, 0.4) is 0 Å². The Hall–Kier alpha value is -1.14. The van der Waals surface area contributed by atoms with Gasteiger partial charge in [-0.15, -0.1) is 0 Å². The van der Waals surface area contributed by atoms with Crippen LogP contribution in [0.25, 0.3) is 0 Å². The zero-order chi connectivity index (χ0) is 11.4. The van der Waals surface area contributed by atoms with Crippen LogP contribution in [-0.2, 0) is 0 Å². The minimum atomic E-state index is -0.695. The summed E-state index contributed by atoms with van der Waals surface area (Å²) in [7, 11) is 1.35. The summed E-state index contributed by atoms with van der Waals surface area (Å²) in [5, 5.41) is 20.5. The summed E-state index contributed by atoms with van der Waals surface area (Å²) in [6, 6.07) is 4.29. The molecule has 0 saturated heterocycles. The molecule has 5 nitrogen and oxygen atoms in total. The number of rotatable bonds is 4. The van der Waals surface area contributed by atoms with Gasteiger partial charge in [-0.05, 0) is 17.7 Å². The van der Waals surface area contributed by atoms with Gasteiger partial charge in [-0.25, -0.2) is 0 Å². The molecule has 0 spiro atoms. The van der Waals surface area contributed by atoms with E-state index in [0.29, 0.717) is 10.9 Å². The smallest absolute Gasteiger partial charge is 0.310 e. The number of methoxy groups -OCH3 is 1. The molecule has 1 aromatic carbocycles. The van der Waals surface area contributed by atoms with Gasteiger partial charge in [0, 0.05) is 11.4 Å². The average Bonchev–Trinajstić information content (AvgIpc) is 2.26. The molecular weight excluding hydrogens is 266 g/mol. The SMILES string of the molecule is COc1cc(C(O)CBr)ccc1[N+](=O)[O-]. The van der Waals surface area contributed by atoms with Gasteiger partial charge in [0.2, 0.25) is 0 Å². The molecule has 1 atom stereocenters. The fourth-order valence-corrected chi connectivity index (χ4v) is 1.52. The zero-order valence-corrected chi connectivity index (χ0v) is 9.60. The number of nitro groups is 1. The molecule has 1 aromatic rings. The predicted molar refractivity (Wildman–Crippen MR) is 58.4 cm³/mol. The molecule has 0 aromatic heterocycles. The molecule has 6 heteroatoms. The number of aliphatic hydroxyl groups is 1. The number of alkyl halides is 1. The Morgan fingerprint density at radius 3 is 2.80 bits per heavy atom. The van der Waals surface area contributed by atoms with Crippen molar-refractivity contribution in [3.05, 3.63) is 33.9 Å². The largest absolute Gasteiger partial charge is 0.490 e. The van der Waals surface area contributed by atoms with Crippen molar-refractivity contribution in [2.24, 2.45) is 0 Å². The van der Waals surface area contributed by atoms with Crippen molar-refractivity contribution in [3.63, 3.8) is 0 Å². The van der Waals surface area contributed by atoms with E-state index in [4.69, 9.17) is 4.74 Å². The van der Waals surface area contributed by atoms with Crippen LogP contribution in [-0.4, -0.2) is 22.5 Å². The summed E-state index contributed by atoms with van der Waals surface area (Å²) in [5.41, 5.74) is 0.470. The van der Waals surface area contributed by atoms with E-state index in [9.17, 15) is 15.2 Å². The first-order chi connectivity index (χ1) is 7.10. The number of benzene rings is 1. The lowest BCUT2D eigenvalue weighted by molar-refractivity contribution is -0.385. The van der Waals surface area contributed by atoms with E-state index in [-0.39, 0.29) is 11.4 Å². The first kappa shape index (κ1) is 11.9. The molecule has 1 rings (SSSR count). The lowest BCUT2D eigenvalue weighted by atomic mass is 10.1. The normalized spacial score (nSPS) is 12.2. The van der Waals surface area contributed by atoms with Gasteiger partial charge in [0.15, 0.2) is 5.75 Å². The summed E-state index contributed by atoms with van der Waals surface area (Å²) in [6.07, 6.45) is -0.695. The molecule has 0 saturated carbocycles. The number of nitrogens with zero attached hydrogens (tertiary/aromatic N) is 1. The van der Waals surface area contributed by atoms with E-state index in [1.54, 1.807) is 0 Å². The van der Waals surface area contributed by atoms with Crippen LogP contribution in [0, 0.1) is 10.1 Å². The maximum Gasteiger partial charge on any atom is 0.310 e. The van der Waals surface area contributed by atoms with Crippen molar-refractivity contribution >= 4 is 21.6 Å². The van der Waals surface area contributed by atoms with E-state index in [0.717, 1.165) is 0 Å². The fourth-order valence-electron chi connectivity index (χ4n) is 1.14. The van der Waals surface area contributed by atoms with Crippen LogP contribution < -0.4 is 4.74 Å². The highest BCUT2D eigenvalue weighted by atomic mass is 79.9. The lowest BCUT2D eigenvalue weighted by Crippen LogP contribution is -2.00. The number of halogens is 1. The minimum absolute atomic E-state index is 0.108. The van der Waals surface area contributed by atoms with Gasteiger partial charge in [-0.3, -0.25) is 10.1 Å². The second kappa shape index (κ2) is 5.09. The molecule has 0 radical (unpaired) electrons. The quantitative estimate of drug-likeness (QED) is 0.519. The highest BCUT2D eigenvalue weighted by Gasteiger charge is 2.16. The van der Waals surface area contributed by atoms with Gasteiger partial charge in [-0.1, -0.05) is 15.9 Å². The molecule has 82 valence electrons. The third kappa shape index (κ3) is 2.66. The zero-order valence-electron chi connectivity index (χ0n) is 8.01. The topological polar surface area (TPSA) is 72.6 Å². The monoisotopic (exact) mass is 275 g/mol. The number of hydrogen-bond donors (Lipinski definition) is 1.